The number of amides is 1. The topological polar surface area (TPSA) is 48.5 Å². The summed E-state index contributed by atoms with van der Waals surface area (Å²) in [6.45, 7) is 3.69. The van der Waals surface area contributed by atoms with E-state index in [1.165, 1.54) is 5.56 Å². The molecule has 1 unspecified atom stereocenters. The number of anilines is 3. The van der Waals surface area contributed by atoms with Crippen LogP contribution in [0, 0.1) is 0 Å². The van der Waals surface area contributed by atoms with Crippen LogP contribution in [0.2, 0.25) is 5.02 Å². The fraction of sp³-hybridized carbons (Fsp3) is 0.200. The molecule has 2 heterocycles. The molecule has 182 valence electrons. The van der Waals surface area contributed by atoms with Crippen LogP contribution in [-0.2, 0) is 17.8 Å². The van der Waals surface area contributed by atoms with E-state index in [0.29, 0.717) is 11.4 Å². The Morgan fingerprint density at radius 1 is 1.00 bits per heavy atom. The van der Waals surface area contributed by atoms with Gasteiger partial charge in [0.2, 0.25) is 5.91 Å². The van der Waals surface area contributed by atoms with Crippen molar-refractivity contribution >= 4 is 34.6 Å². The molecule has 0 radical (unpaired) electrons. The van der Waals surface area contributed by atoms with E-state index in [4.69, 9.17) is 11.6 Å². The molecular weight excluding hydrogens is 468 g/mol. The zero-order valence-electron chi connectivity index (χ0n) is 20.5. The van der Waals surface area contributed by atoms with Gasteiger partial charge in [0, 0.05) is 54.6 Å². The van der Waals surface area contributed by atoms with Gasteiger partial charge in [-0.3, -0.25) is 9.78 Å². The van der Waals surface area contributed by atoms with E-state index in [1.54, 1.807) is 0 Å². The van der Waals surface area contributed by atoms with Crippen LogP contribution in [0.1, 0.15) is 35.2 Å². The molecule has 3 aromatic carbocycles. The van der Waals surface area contributed by atoms with E-state index in [-0.39, 0.29) is 11.9 Å². The number of carbonyl (C=O) groups excluding carboxylic acids is 1. The lowest BCUT2D eigenvalue weighted by Crippen LogP contribution is -2.41. The molecule has 5 nitrogen and oxygen atoms in total. The average molecular weight is 497 g/mol. The molecule has 4 aromatic rings. The zero-order valence-corrected chi connectivity index (χ0v) is 21.2. The van der Waals surface area contributed by atoms with Gasteiger partial charge in [0.25, 0.3) is 0 Å². The SMILES string of the molecule is CCNc1ccc2c(c1)C(c1ccc(Cl)cc1)N(c1ccc(N(C)Cc3ccncc3)cc1)C(=O)C2. The standard InChI is InChI=1S/C30H29ClN4O/c1-3-33-25-9-6-23-18-29(36)35(30(28(23)19-25)22-4-7-24(31)8-5-22)27-12-10-26(11-13-27)34(2)20-21-14-16-32-17-15-21/h4-17,19,30,33H,3,18,20H2,1-2H3. The molecule has 0 bridgehead atoms. The smallest absolute Gasteiger partial charge is 0.232 e. The summed E-state index contributed by atoms with van der Waals surface area (Å²) in [5.74, 6) is 0.0801. The third-order valence-corrected chi connectivity index (χ3v) is 6.87. The highest BCUT2D eigenvalue weighted by Crippen LogP contribution is 2.40. The second kappa shape index (κ2) is 10.4. The molecule has 1 amide bonds. The van der Waals surface area contributed by atoms with Crippen LogP contribution in [0.3, 0.4) is 0 Å². The zero-order chi connectivity index (χ0) is 25.1. The minimum atomic E-state index is -0.238. The van der Waals surface area contributed by atoms with Crippen molar-refractivity contribution in [3.8, 4) is 0 Å². The fourth-order valence-electron chi connectivity index (χ4n) is 4.84. The molecular formula is C30H29ClN4O. The van der Waals surface area contributed by atoms with Gasteiger partial charge in [-0.05, 0) is 89.8 Å². The number of hydrogen-bond donors (Lipinski definition) is 1. The lowest BCUT2D eigenvalue weighted by Gasteiger charge is -2.38. The fourth-order valence-corrected chi connectivity index (χ4v) is 4.97. The molecule has 0 fully saturated rings. The van der Waals surface area contributed by atoms with Gasteiger partial charge in [0.05, 0.1) is 12.5 Å². The normalized spacial score (nSPS) is 14.9. The van der Waals surface area contributed by atoms with Gasteiger partial charge in [0.15, 0.2) is 0 Å². The number of aromatic nitrogens is 1. The number of pyridine rings is 1. The van der Waals surface area contributed by atoms with Gasteiger partial charge >= 0.3 is 0 Å². The lowest BCUT2D eigenvalue weighted by molar-refractivity contribution is -0.118. The Bertz CT molecular complexity index is 1340. The second-order valence-electron chi connectivity index (χ2n) is 9.07. The molecule has 1 aliphatic rings. The molecule has 1 atom stereocenters. The minimum absolute atomic E-state index is 0.0801. The number of benzene rings is 3. The molecule has 6 heteroatoms. The number of halogens is 1. The van der Waals surface area contributed by atoms with Gasteiger partial charge in [-0.1, -0.05) is 29.8 Å². The number of nitrogens with zero attached hydrogens (tertiary/aromatic N) is 3. The average Bonchev–Trinajstić information content (AvgIpc) is 2.90. The molecule has 0 aliphatic carbocycles. The van der Waals surface area contributed by atoms with E-state index in [2.05, 4.69) is 59.5 Å². The van der Waals surface area contributed by atoms with Gasteiger partial charge in [-0.15, -0.1) is 0 Å². The first kappa shape index (κ1) is 23.9. The minimum Gasteiger partial charge on any atom is -0.385 e. The van der Waals surface area contributed by atoms with Crippen molar-refractivity contribution in [2.24, 2.45) is 0 Å². The number of nitrogens with one attached hydrogen (secondary N) is 1. The summed E-state index contributed by atoms with van der Waals surface area (Å²) in [4.78, 5) is 21.8. The summed E-state index contributed by atoms with van der Waals surface area (Å²) in [5, 5.41) is 4.09. The Hall–Kier alpha value is -3.83. The highest BCUT2D eigenvalue weighted by atomic mass is 35.5. The van der Waals surface area contributed by atoms with Crippen molar-refractivity contribution in [2.75, 3.05) is 28.7 Å². The Labute approximate surface area is 217 Å². The van der Waals surface area contributed by atoms with Crippen molar-refractivity contribution in [1.29, 1.82) is 0 Å². The third-order valence-electron chi connectivity index (χ3n) is 6.61. The maximum absolute atomic E-state index is 13.5. The van der Waals surface area contributed by atoms with E-state index in [1.807, 2.05) is 65.8 Å². The van der Waals surface area contributed by atoms with Crippen LogP contribution in [0.25, 0.3) is 0 Å². The molecule has 5 rings (SSSR count). The summed E-state index contributed by atoms with van der Waals surface area (Å²) >= 11 is 6.21. The first-order chi connectivity index (χ1) is 17.5. The molecule has 1 aromatic heterocycles. The van der Waals surface area contributed by atoms with Crippen molar-refractivity contribution in [3.05, 3.63) is 119 Å². The highest BCUT2D eigenvalue weighted by Gasteiger charge is 2.35. The Morgan fingerprint density at radius 2 is 1.72 bits per heavy atom. The first-order valence-electron chi connectivity index (χ1n) is 12.2. The second-order valence-corrected chi connectivity index (χ2v) is 9.50. The molecule has 1 aliphatic heterocycles. The first-order valence-corrected chi connectivity index (χ1v) is 12.6. The van der Waals surface area contributed by atoms with Crippen molar-refractivity contribution in [2.45, 2.75) is 25.9 Å². The Morgan fingerprint density at radius 3 is 2.42 bits per heavy atom. The number of fused-ring (bicyclic) bond motifs is 1. The van der Waals surface area contributed by atoms with Crippen molar-refractivity contribution in [1.82, 2.24) is 4.98 Å². The monoisotopic (exact) mass is 496 g/mol. The molecule has 1 N–H and O–H groups in total. The lowest BCUT2D eigenvalue weighted by atomic mass is 9.87. The maximum Gasteiger partial charge on any atom is 0.232 e. The maximum atomic E-state index is 13.5. The van der Waals surface area contributed by atoms with Gasteiger partial charge in [-0.2, -0.15) is 0 Å². The van der Waals surface area contributed by atoms with E-state index in [0.717, 1.165) is 46.8 Å². The summed E-state index contributed by atoms with van der Waals surface area (Å²) in [5.41, 5.74) is 7.43. The van der Waals surface area contributed by atoms with Gasteiger partial charge < -0.3 is 15.1 Å². The molecule has 0 saturated heterocycles. The van der Waals surface area contributed by atoms with Crippen molar-refractivity contribution < 1.29 is 4.79 Å². The molecule has 36 heavy (non-hydrogen) atoms. The number of carbonyl (C=O) groups is 1. The van der Waals surface area contributed by atoms with Crippen molar-refractivity contribution in [3.63, 3.8) is 0 Å². The van der Waals surface area contributed by atoms with E-state index < -0.39 is 0 Å². The highest BCUT2D eigenvalue weighted by molar-refractivity contribution is 6.30. The van der Waals surface area contributed by atoms with Gasteiger partial charge in [-0.25, -0.2) is 0 Å². The molecule has 0 saturated carbocycles. The third kappa shape index (κ3) is 4.93. The molecule has 0 spiro atoms. The predicted molar refractivity (Wildman–Crippen MR) is 148 cm³/mol. The van der Waals surface area contributed by atoms with Crippen LogP contribution in [-0.4, -0.2) is 24.5 Å². The van der Waals surface area contributed by atoms with Crippen LogP contribution in [0.4, 0.5) is 17.1 Å². The van der Waals surface area contributed by atoms with Crippen LogP contribution in [0.5, 0.6) is 0 Å². The van der Waals surface area contributed by atoms with Crippen LogP contribution >= 0.6 is 11.6 Å². The predicted octanol–water partition coefficient (Wildman–Crippen LogP) is 6.48. The Balaban J connectivity index is 1.51. The summed E-state index contributed by atoms with van der Waals surface area (Å²) < 4.78 is 0. The summed E-state index contributed by atoms with van der Waals surface area (Å²) in [6, 6.07) is 26.1. The number of hydrogen-bond acceptors (Lipinski definition) is 4. The summed E-state index contributed by atoms with van der Waals surface area (Å²) in [6.07, 6.45) is 3.99. The van der Waals surface area contributed by atoms with E-state index in [9.17, 15) is 4.79 Å². The Kier molecular flexibility index (Phi) is 6.92. The largest absolute Gasteiger partial charge is 0.385 e. The quantitative estimate of drug-likeness (QED) is 0.318. The van der Waals surface area contributed by atoms with E-state index >= 15 is 0 Å². The summed E-state index contributed by atoms with van der Waals surface area (Å²) in [7, 11) is 2.07. The van der Waals surface area contributed by atoms with Crippen LogP contribution in [0.15, 0.2) is 91.3 Å². The van der Waals surface area contributed by atoms with Crippen LogP contribution < -0.4 is 15.1 Å². The van der Waals surface area contributed by atoms with Gasteiger partial charge in [0.1, 0.15) is 0 Å². The number of rotatable bonds is 7.